The third kappa shape index (κ3) is 1.94. The van der Waals surface area contributed by atoms with E-state index in [4.69, 9.17) is 10.5 Å². The highest BCUT2D eigenvalue weighted by Gasteiger charge is 2.27. The number of nitrogens with two attached hydrogens (primary N) is 1. The normalized spacial score (nSPS) is 19.2. The molecule has 0 aromatic carbocycles. The van der Waals surface area contributed by atoms with Crippen LogP contribution in [-0.2, 0) is 17.6 Å². The molecule has 1 atom stereocenters. The van der Waals surface area contributed by atoms with Gasteiger partial charge in [0.1, 0.15) is 5.00 Å². The average Bonchev–Trinajstić information content (AvgIpc) is 2.53. The Hall–Kier alpha value is -1.03. The number of rotatable bonds is 2. The molecule has 4 heteroatoms. The number of hydrogen-bond donors (Lipinski definition) is 1. The van der Waals surface area contributed by atoms with E-state index in [-0.39, 0.29) is 5.97 Å². The minimum Gasteiger partial charge on any atom is -0.462 e. The lowest BCUT2D eigenvalue weighted by Gasteiger charge is -2.18. The summed E-state index contributed by atoms with van der Waals surface area (Å²) in [7, 11) is 0. The Labute approximate surface area is 99.6 Å². The van der Waals surface area contributed by atoms with Gasteiger partial charge in [0.25, 0.3) is 0 Å². The van der Waals surface area contributed by atoms with Crippen molar-refractivity contribution in [1.82, 2.24) is 0 Å². The van der Waals surface area contributed by atoms with Crippen molar-refractivity contribution < 1.29 is 9.53 Å². The fraction of sp³-hybridized carbons (Fsp3) is 0.583. The second-order valence-corrected chi connectivity index (χ2v) is 5.45. The maximum absolute atomic E-state index is 11.8. The topological polar surface area (TPSA) is 52.3 Å². The monoisotopic (exact) mass is 239 g/mol. The molecule has 1 aromatic heterocycles. The number of fused-ring (bicyclic) bond motifs is 1. The van der Waals surface area contributed by atoms with Crippen molar-refractivity contribution in [2.45, 2.75) is 33.1 Å². The lowest BCUT2D eigenvalue weighted by Crippen LogP contribution is -2.14. The Balaban J connectivity index is 2.37. The van der Waals surface area contributed by atoms with Gasteiger partial charge < -0.3 is 10.5 Å². The molecule has 0 amide bonds. The van der Waals surface area contributed by atoms with Crippen LogP contribution in [0.2, 0.25) is 0 Å². The van der Waals surface area contributed by atoms with E-state index in [2.05, 4.69) is 6.92 Å². The molecule has 1 aromatic rings. The summed E-state index contributed by atoms with van der Waals surface area (Å²) in [5.41, 5.74) is 7.69. The minimum atomic E-state index is -0.258. The van der Waals surface area contributed by atoms with Gasteiger partial charge in [-0.2, -0.15) is 0 Å². The van der Waals surface area contributed by atoms with E-state index in [9.17, 15) is 4.79 Å². The predicted molar refractivity (Wildman–Crippen MR) is 65.9 cm³/mol. The van der Waals surface area contributed by atoms with Crippen molar-refractivity contribution in [2.75, 3.05) is 12.3 Å². The van der Waals surface area contributed by atoms with Crippen LogP contribution in [0.15, 0.2) is 0 Å². The van der Waals surface area contributed by atoms with Gasteiger partial charge in [0, 0.05) is 4.88 Å². The largest absolute Gasteiger partial charge is 0.462 e. The second kappa shape index (κ2) is 4.45. The Bertz CT molecular complexity index is 411. The summed E-state index contributed by atoms with van der Waals surface area (Å²) >= 11 is 1.55. The van der Waals surface area contributed by atoms with Crippen LogP contribution in [0, 0.1) is 5.92 Å². The van der Waals surface area contributed by atoms with Crippen molar-refractivity contribution in [3.8, 4) is 0 Å². The van der Waals surface area contributed by atoms with E-state index >= 15 is 0 Å². The SMILES string of the molecule is CCOC(=O)c1c(N)sc2c1C[C@H](C)CC2. The van der Waals surface area contributed by atoms with Crippen LogP contribution < -0.4 is 5.73 Å². The fourth-order valence-electron chi connectivity index (χ4n) is 2.21. The van der Waals surface area contributed by atoms with Gasteiger partial charge in [0.15, 0.2) is 0 Å². The van der Waals surface area contributed by atoms with Crippen LogP contribution in [-0.4, -0.2) is 12.6 Å². The van der Waals surface area contributed by atoms with Gasteiger partial charge in [-0.3, -0.25) is 0 Å². The summed E-state index contributed by atoms with van der Waals surface area (Å²) in [6.45, 7) is 4.43. The third-order valence-electron chi connectivity index (χ3n) is 3.01. The molecule has 88 valence electrons. The molecular weight excluding hydrogens is 222 g/mol. The highest BCUT2D eigenvalue weighted by atomic mass is 32.1. The van der Waals surface area contributed by atoms with Gasteiger partial charge in [-0.15, -0.1) is 11.3 Å². The predicted octanol–water partition coefficient (Wildman–Crippen LogP) is 2.63. The van der Waals surface area contributed by atoms with Gasteiger partial charge in [-0.25, -0.2) is 4.79 Å². The molecule has 2 rings (SSSR count). The first kappa shape index (κ1) is 11.5. The molecule has 0 bridgehead atoms. The summed E-state index contributed by atoms with van der Waals surface area (Å²) in [6.07, 6.45) is 3.19. The maximum Gasteiger partial charge on any atom is 0.341 e. The van der Waals surface area contributed by atoms with Crippen molar-refractivity contribution in [3.63, 3.8) is 0 Å². The van der Waals surface area contributed by atoms with E-state index in [0.717, 1.165) is 18.4 Å². The maximum atomic E-state index is 11.8. The van der Waals surface area contributed by atoms with E-state index in [1.54, 1.807) is 11.3 Å². The standard InChI is InChI=1S/C12H17NO2S/c1-3-15-12(14)10-8-6-7(2)4-5-9(8)16-11(10)13/h7H,3-6,13H2,1-2H3/t7-/m1/s1. The van der Waals surface area contributed by atoms with E-state index in [1.165, 1.54) is 11.3 Å². The second-order valence-electron chi connectivity index (χ2n) is 4.31. The molecule has 0 aliphatic heterocycles. The quantitative estimate of drug-likeness (QED) is 0.807. The van der Waals surface area contributed by atoms with Crippen LogP contribution in [0.3, 0.4) is 0 Å². The molecule has 2 N–H and O–H groups in total. The molecule has 0 saturated heterocycles. The lowest BCUT2D eigenvalue weighted by molar-refractivity contribution is 0.0526. The van der Waals surface area contributed by atoms with Gasteiger partial charge in [0.05, 0.1) is 12.2 Å². The number of thiophene rings is 1. The molecule has 0 spiro atoms. The number of carbonyl (C=O) groups is 1. The van der Waals surface area contributed by atoms with Crippen LogP contribution in [0.1, 0.15) is 41.1 Å². The molecule has 0 saturated carbocycles. The number of carbonyl (C=O) groups excluding carboxylic acids is 1. The summed E-state index contributed by atoms with van der Waals surface area (Å²) < 4.78 is 5.06. The van der Waals surface area contributed by atoms with Crippen molar-refractivity contribution in [2.24, 2.45) is 5.92 Å². The first-order valence-electron chi connectivity index (χ1n) is 5.70. The van der Waals surface area contributed by atoms with E-state index < -0.39 is 0 Å². The van der Waals surface area contributed by atoms with Gasteiger partial charge in [0.2, 0.25) is 0 Å². The molecular formula is C12H17NO2S. The van der Waals surface area contributed by atoms with Crippen LogP contribution in [0.5, 0.6) is 0 Å². The zero-order chi connectivity index (χ0) is 11.7. The summed E-state index contributed by atoms with van der Waals surface area (Å²) in [6, 6.07) is 0. The molecule has 0 unspecified atom stereocenters. The first-order chi connectivity index (χ1) is 7.63. The van der Waals surface area contributed by atoms with Crippen LogP contribution >= 0.6 is 11.3 Å². The Morgan fingerprint density at radius 1 is 1.62 bits per heavy atom. The number of anilines is 1. The molecule has 1 aliphatic rings. The van der Waals surface area contributed by atoms with Gasteiger partial charge >= 0.3 is 5.97 Å². The third-order valence-corrected chi connectivity index (χ3v) is 4.14. The molecule has 16 heavy (non-hydrogen) atoms. The molecule has 1 heterocycles. The summed E-state index contributed by atoms with van der Waals surface area (Å²) in [5, 5.41) is 0.623. The van der Waals surface area contributed by atoms with Gasteiger partial charge in [-0.1, -0.05) is 6.92 Å². The van der Waals surface area contributed by atoms with Crippen molar-refractivity contribution in [1.29, 1.82) is 0 Å². The molecule has 0 radical (unpaired) electrons. The molecule has 1 aliphatic carbocycles. The average molecular weight is 239 g/mol. The highest BCUT2D eigenvalue weighted by molar-refractivity contribution is 7.16. The number of aryl methyl sites for hydroxylation is 1. The lowest BCUT2D eigenvalue weighted by atomic mass is 9.88. The van der Waals surface area contributed by atoms with Crippen molar-refractivity contribution in [3.05, 3.63) is 16.0 Å². The summed E-state index contributed by atoms with van der Waals surface area (Å²) in [5.74, 6) is 0.376. The zero-order valence-corrected chi connectivity index (χ0v) is 10.5. The van der Waals surface area contributed by atoms with E-state index in [1.807, 2.05) is 6.92 Å². The minimum absolute atomic E-state index is 0.258. The number of hydrogen-bond acceptors (Lipinski definition) is 4. The van der Waals surface area contributed by atoms with E-state index in [0.29, 0.717) is 23.1 Å². The Morgan fingerprint density at radius 3 is 3.06 bits per heavy atom. The Morgan fingerprint density at radius 2 is 2.38 bits per heavy atom. The molecule has 0 fully saturated rings. The van der Waals surface area contributed by atoms with Crippen molar-refractivity contribution >= 4 is 22.3 Å². The summed E-state index contributed by atoms with van der Waals surface area (Å²) in [4.78, 5) is 13.1. The van der Waals surface area contributed by atoms with Gasteiger partial charge in [-0.05, 0) is 37.7 Å². The van der Waals surface area contributed by atoms with Crippen LogP contribution in [0.4, 0.5) is 5.00 Å². The first-order valence-corrected chi connectivity index (χ1v) is 6.52. The van der Waals surface area contributed by atoms with Crippen LogP contribution in [0.25, 0.3) is 0 Å². The number of nitrogen functional groups attached to an aromatic ring is 1. The number of ether oxygens (including phenoxy) is 1. The zero-order valence-electron chi connectivity index (χ0n) is 9.71. The number of esters is 1. The highest BCUT2D eigenvalue weighted by Crippen LogP contribution is 2.38. The molecule has 3 nitrogen and oxygen atoms in total. The fourth-order valence-corrected chi connectivity index (χ4v) is 3.31. The smallest absolute Gasteiger partial charge is 0.341 e. The Kier molecular flexibility index (Phi) is 3.19.